The molecular formula is C12H13NO. The highest BCUT2D eigenvalue weighted by Crippen LogP contribution is 2.33. The first kappa shape index (κ1) is 8.88. The normalized spacial score (nSPS) is 13.7. The van der Waals surface area contributed by atoms with Crippen LogP contribution in [-0.4, -0.2) is 14.2 Å². The fourth-order valence-electron chi connectivity index (χ4n) is 1.63. The van der Waals surface area contributed by atoms with Crippen molar-refractivity contribution in [3.05, 3.63) is 42.1 Å². The van der Waals surface area contributed by atoms with Crippen LogP contribution in [0.3, 0.4) is 0 Å². The molecule has 1 aromatic carbocycles. The van der Waals surface area contributed by atoms with E-state index in [-0.39, 0.29) is 0 Å². The second kappa shape index (κ2) is 3.58. The smallest absolute Gasteiger partial charge is 0.143 e. The zero-order valence-corrected chi connectivity index (χ0v) is 8.40. The van der Waals surface area contributed by atoms with Crippen LogP contribution < -0.4 is 9.64 Å². The molecule has 0 unspecified atom stereocenters. The zero-order valence-electron chi connectivity index (χ0n) is 8.40. The number of para-hydroxylation sites is 1. The summed E-state index contributed by atoms with van der Waals surface area (Å²) in [5, 5.41) is 0. The second-order valence-corrected chi connectivity index (χ2v) is 3.21. The van der Waals surface area contributed by atoms with E-state index >= 15 is 0 Å². The molecule has 0 amide bonds. The molecule has 0 aromatic heterocycles. The molecule has 0 atom stereocenters. The van der Waals surface area contributed by atoms with E-state index < -0.39 is 0 Å². The highest BCUT2D eigenvalue weighted by atomic mass is 16.5. The van der Waals surface area contributed by atoms with Crippen LogP contribution in [-0.2, 0) is 0 Å². The molecule has 0 N–H and O–H groups in total. The first-order chi connectivity index (χ1) is 6.83. The van der Waals surface area contributed by atoms with Gasteiger partial charge in [-0.25, -0.2) is 0 Å². The summed E-state index contributed by atoms with van der Waals surface area (Å²) in [6.07, 6.45) is 8.14. The molecule has 0 fully saturated rings. The molecule has 0 spiro atoms. The molecule has 1 aromatic rings. The van der Waals surface area contributed by atoms with Gasteiger partial charge in [0.25, 0.3) is 0 Å². The molecular weight excluding hydrogens is 174 g/mol. The molecule has 2 heteroatoms. The van der Waals surface area contributed by atoms with Crippen molar-refractivity contribution in [3.8, 4) is 5.75 Å². The summed E-state index contributed by atoms with van der Waals surface area (Å²) < 4.78 is 5.33. The van der Waals surface area contributed by atoms with Crippen LogP contribution in [0.15, 0.2) is 36.6 Å². The Balaban J connectivity index is 2.61. The van der Waals surface area contributed by atoms with Gasteiger partial charge in [0, 0.05) is 18.8 Å². The first-order valence-corrected chi connectivity index (χ1v) is 4.57. The predicted molar refractivity (Wildman–Crippen MR) is 59.6 cm³/mol. The van der Waals surface area contributed by atoms with E-state index in [0.717, 1.165) is 11.4 Å². The molecule has 0 bridgehead atoms. The van der Waals surface area contributed by atoms with Crippen LogP contribution in [0.1, 0.15) is 5.56 Å². The van der Waals surface area contributed by atoms with Crippen LogP contribution in [0, 0.1) is 0 Å². The molecule has 1 heterocycles. The van der Waals surface area contributed by atoms with Gasteiger partial charge in [-0.1, -0.05) is 24.3 Å². The van der Waals surface area contributed by atoms with Crippen molar-refractivity contribution in [1.29, 1.82) is 0 Å². The Labute approximate surface area is 84.1 Å². The van der Waals surface area contributed by atoms with Gasteiger partial charge in [-0.15, -0.1) is 0 Å². The minimum absolute atomic E-state index is 0.904. The fourth-order valence-corrected chi connectivity index (χ4v) is 1.63. The number of rotatable bonds is 1. The van der Waals surface area contributed by atoms with Gasteiger partial charge in [-0.3, -0.25) is 0 Å². The minimum Gasteiger partial charge on any atom is -0.495 e. The van der Waals surface area contributed by atoms with E-state index in [9.17, 15) is 0 Å². The van der Waals surface area contributed by atoms with Crippen molar-refractivity contribution in [2.24, 2.45) is 0 Å². The molecule has 0 radical (unpaired) electrons. The maximum absolute atomic E-state index is 5.33. The number of benzene rings is 1. The van der Waals surface area contributed by atoms with Crippen LogP contribution in [0.25, 0.3) is 6.08 Å². The number of anilines is 1. The number of methoxy groups -OCH3 is 1. The van der Waals surface area contributed by atoms with Crippen molar-refractivity contribution < 1.29 is 4.74 Å². The topological polar surface area (TPSA) is 12.5 Å². The van der Waals surface area contributed by atoms with Gasteiger partial charge in [-0.05, 0) is 12.1 Å². The third-order valence-electron chi connectivity index (χ3n) is 2.30. The average Bonchev–Trinajstić information content (AvgIpc) is 2.40. The standard InChI is InChI=1S/C12H13NO/c1-13-9-4-3-6-10-7-5-8-11(14-2)12(10)13/h3-9H,1-2H3. The van der Waals surface area contributed by atoms with Crippen molar-refractivity contribution in [2.45, 2.75) is 0 Å². The van der Waals surface area contributed by atoms with E-state index in [2.05, 4.69) is 17.0 Å². The summed E-state index contributed by atoms with van der Waals surface area (Å²) in [6, 6.07) is 6.06. The van der Waals surface area contributed by atoms with Crippen LogP contribution >= 0.6 is 0 Å². The van der Waals surface area contributed by atoms with Gasteiger partial charge in [-0.2, -0.15) is 0 Å². The molecule has 0 saturated carbocycles. The second-order valence-electron chi connectivity index (χ2n) is 3.21. The maximum Gasteiger partial charge on any atom is 0.143 e. The molecule has 14 heavy (non-hydrogen) atoms. The van der Waals surface area contributed by atoms with E-state index in [1.54, 1.807) is 7.11 Å². The number of allylic oxidation sites excluding steroid dienone is 2. The lowest BCUT2D eigenvalue weighted by Crippen LogP contribution is -2.09. The van der Waals surface area contributed by atoms with Crippen LogP contribution in [0.5, 0.6) is 5.75 Å². The van der Waals surface area contributed by atoms with Gasteiger partial charge in [0.2, 0.25) is 0 Å². The van der Waals surface area contributed by atoms with Crippen molar-refractivity contribution in [1.82, 2.24) is 0 Å². The van der Waals surface area contributed by atoms with E-state index in [0.29, 0.717) is 0 Å². The van der Waals surface area contributed by atoms with Gasteiger partial charge >= 0.3 is 0 Å². The van der Waals surface area contributed by atoms with Crippen molar-refractivity contribution >= 4 is 11.8 Å². The Bertz CT molecular complexity index is 393. The summed E-state index contributed by atoms with van der Waals surface area (Å²) in [4.78, 5) is 2.06. The number of hydrogen-bond donors (Lipinski definition) is 0. The fraction of sp³-hybridized carbons (Fsp3) is 0.167. The molecule has 1 aliphatic rings. The van der Waals surface area contributed by atoms with Gasteiger partial charge < -0.3 is 9.64 Å². The summed E-state index contributed by atoms with van der Waals surface area (Å²) in [5.74, 6) is 0.904. The lowest BCUT2D eigenvalue weighted by Gasteiger charge is -2.18. The SMILES string of the molecule is COc1cccc2c1N(C)C=CC=C2. The van der Waals surface area contributed by atoms with Gasteiger partial charge in [0.1, 0.15) is 5.75 Å². The third-order valence-corrected chi connectivity index (χ3v) is 2.30. The third kappa shape index (κ3) is 1.39. The summed E-state index contributed by atoms with van der Waals surface area (Å²) in [7, 11) is 3.71. The Kier molecular flexibility index (Phi) is 2.27. The highest BCUT2D eigenvalue weighted by Gasteiger charge is 2.10. The maximum atomic E-state index is 5.33. The zero-order chi connectivity index (χ0) is 9.97. The largest absolute Gasteiger partial charge is 0.495 e. The quantitative estimate of drug-likeness (QED) is 0.670. The van der Waals surface area contributed by atoms with Gasteiger partial charge in [0.15, 0.2) is 0 Å². The Morgan fingerprint density at radius 2 is 2.07 bits per heavy atom. The predicted octanol–water partition coefficient (Wildman–Crippen LogP) is 2.67. The van der Waals surface area contributed by atoms with Gasteiger partial charge in [0.05, 0.1) is 12.8 Å². The Morgan fingerprint density at radius 3 is 2.86 bits per heavy atom. The summed E-state index contributed by atoms with van der Waals surface area (Å²) in [6.45, 7) is 0. The molecule has 2 nitrogen and oxygen atoms in total. The van der Waals surface area contributed by atoms with E-state index in [4.69, 9.17) is 4.74 Å². The van der Waals surface area contributed by atoms with E-state index in [1.165, 1.54) is 5.56 Å². The number of hydrogen-bond acceptors (Lipinski definition) is 2. The number of fused-ring (bicyclic) bond motifs is 1. The average molecular weight is 187 g/mol. The van der Waals surface area contributed by atoms with Crippen molar-refractivity contribution in [3.63, 3.8) is 0 Å². The van der Waals surface area contributed by atoms with E-state index in [1.807, 2.05) is 37.5 Å². The molecule has 1 aliphatic heterocycles. The molecule has 2 rings (SSSR count). The lowest BCUT2D eigenvalue weighted by molar-refractivity contribution is 0.415. The molecule has 72 valence electrons. The van der Waals surface area contributed by atoms with Crippen molar-refractivity contribution in [2.75, 3.05) is 19.1 Å². The summed E-state index contributed by atoms with van der Waals surface area (Å²) >= 11 is 0. The minimum atomic E-state index is 0.904. The Morgan fingerprint density at radius 1 is 1.21 bits per heavy atom. The van der Waals surface area contributed by atoms with Crippen LogP contribution in [0.4, 0.5) is 5.69 Å². The highest BCUT2D eigenvalue weighted by molar-refractivity contribution is 5.76. The number of ether oxygens (including phenoxy) is 1. The lowest BCUT2D eigenvalue weighted by atomic mass is 10.1. The van der Waals surface area contributed by atoms with Crippen LogP contribution in [0.2, 0.25) is 0 Å². The Hall–Kier alpha value is -1.70. The monoisotopic (exact) mass is 187 g/mol. The molecule has 0 aliphatic carbocycles. The summed E-state index contributed by atoms with van der Waals surface area (Å²) in [5.41, 5.74) is 2.29. The number of nitrogens with zero attached hydrogens (tertiary/aromatic N) is 1. The molecule has 0 saturated heterocycles. The first-order valence-electron chi connectivity index (χ1n) is 4.57.